The molecular formula is C15H20O. The fourth-order valence-corrected chi connectivity index (χ4v) is 1.54. The third kappa shape index (κ3) is 4.35. The van der Waals surface area contributed by atoms with Crippen molar-refractivity contribution in [3.05, 3.63) is 60.1 Å². The van der Waals surface area contributed by atoms with Crippen LogP contribution in [0.25, 0.3) is 0 Å². The van der Waals surface area contributed by atoms with E-state index in [1.54, 1.807) is 6.26 Å². The predicted molar refractivity (Wildman–Crippen MR) is 69.5 cm³/mol. The number of hydrogen-bond donors (Lipinski definition) is 0. The van der Waals surface area contributed by atoms with Crippen LogP contribution in [0, 0.1) is 6.92 Å². The summed E-state index contributed by atoms with van der Waals surface area (Å²) in [5, 5.41) is 0. The zero-order valence-corrected chi connectivity index (χ0v) is 10.3. The number of allylic oxidation sites excluding steroid dienone is 4. The van der Waals surface area contributed by atoms with Crippen molar-refractivity contribution in [2.45, 2.75) is 33.1 Å². The summed E-state index contributed by atoms with van der Waals surface area (Å²) >= 11 is 0. The maximum absolute atomic E-state index is 5.41. The Morgan fingerprint density at radius 3 is 2.81 bits per heavy atom. The van der Waals surface area contributed by atoms with E-state index in [1.807, 2.05) is 13.0 Å². The fourth-order valence-electron chi connectivity index (χ4n) is 1.54. The number of aryl methyl sites for hydroxylation is 1. The van der Waals surface area contributed by atoms with E-state index in [-0.39, 0.29) is 0 Å². The molecular weight excluding hydrogens is 196 g/mol. The molecule has 0 saturated carbocycles. The molecule has 1 aromatic heterocycles. The third-order valence-electron chi connectivity index (χ3n) is 2.48. The summed E-state index contributed by atoms with van der Waals surface area (Å²) in [5.41, 5.74) is 3.62. The molecule has 1 rings (SSSR count). The Morgan fingerprint density at radius 2 is 2.25 bits per heavy atom. The van der Waals surface area contributed by atoms with Crippen molar-refractivity contribution in [2.24, 2.45) is 0 Å². The van der Waals surface area contributed by atoms with Crippen LogP contribution in [-0.2, 0) is 6.42 Å². The minimum absolute atomic E-state index is 0.897. The van der Waals surface area contributed by atoms with Crippen LogP contribution >= 0.6 is 0 Å². The van der Waals surface area contributed by atoms with E-state index in [1.165, 1.54) is 11.1 Å². The van der Waals surface area contributed by atoms with Crippen LogP contribution in [0.3, 0.4) is 0 Å². The highest BCUT2D eigenvalue weighted by molar-refractivity contribution is 5.17. The Labute approximate surface area is 98.2 Å². The zero-order valence-electron chi connectivity index (χ0n) is 10.3. The van der Waals surface area contributed by atoms with Crippen LogP contribution in [0.4, 0.5) is 0 Å². The molecule has 1 heteroatoms. The van der Waals surface area contributed by atoms with Crippen LogP contribution in [0.15, 0.2) is 53.2 Å². The molecule has 0 aliphatic rings. The molecule has 1 nitrogen and oxygen atoms in total. The van der Waals surface area contributed by atoms with Crippen molar-refractivity contribution in [2.75, 3.05) is 0 Å². The van der Waals surface area contributed by atoms with Crippen molar-refractivity contribution in [1.29, 1.82) is 0 Å². The summed E-state index contributed by atoms with van der Waals surface area (Å²) in [6.07, 6.45) is 8.76. The highest BCUT2D eigenvalue weighted by Gasteiger charge is 1.99. The van der Waals surface area contributed by atoms with Gasteiger partial charge < -0.3 is 4.42 Å². The second kappa shape index (κ2) is 6.16. The van der Waals surface area contributed by atoms with Crippen molar-refractivity contribution in [3.63, 3.8) is 0 Å². The van der Waals surface area contributed by atoms with Gasteiger partial charge in [-0.05, 0) is 38.3 Å². The number of rotatable bonds is 6. The molecule has 0 spiro atoms. The number of hydrogen-bond acceptors (Lipinski definition) is 1. The lowest BCUT2D eigenvalue weighted by atomic mass is 10.1. The van der Waals surface area contributed by atoms with E-state index in [9.17, 15) is 0 Å². The van der Waals surface area contributed by atoms with Gasteiger partial charge in [0.25, 0.3) is 0 Å². The second-order valence-corrected chi connectivity index (χ2v) is 4.22. The Hall–Kier alpha value is -1.50. The summed E-state index contributed by atoms with van der Waals surface area (Å²) in [6, 6.07) is 2.08. The molecule has 0 unspecified atom stereocenters. The Morgan fingerprint density at radius 1 is 1.50 bits per heavy atom. The van der Waals surface area contributed by atoms with E-state index in [4.69, 9.17) is 4.42 Å². The maximum atomic E-state index is 5.41. The first-order valence-corrected chi connectivity index (χ1v) is 5.61. The molecule has 0 aliphatic carbocycles. The first-order chi connectivity index (χ1) is 7.61. The van der Waals surface area contributed by atoms with Gasteiger partial charge in [-0.2, -0.15) is 0 Å². The summed E-state index contributed by atoms with van der Waals surface area (Å²) in [5.74, 6) is 1.04. The largest absolute Gasteiger partial charge is 0.469 e. The average molecular weight is 216 g/mol. The van der Waals surface area contributed by atoms with Gasteiger partial charge in [0.15, 0.2) is 0 Å². The summed E-state index contributed by atoms with van der Waals surface area (Å²) < 4.78 is 5.41. The molecule has 16 heavy (non-hydrogen) atoms. The molecule has 0 radical (unpaired) electrons. The first kappa shape index (κ1) is 12.6. The van der Waals surface area contributed by atoms with E-state index in [0.717, 1.165) is 30.6 Å². The van der Waals surface area contributed by atoms with E-state index >= 15 is 0 Å². The Kier molecular flexibility index (Phi) is 4.84. The minimum Gasteiger partial charge on any atom is -0.469 e. The molecule has 0 aliphatic heterocycles. The Bertz CT molecular complexity index is 393. The van der Waals surface area contributed by atoms with Crippen molar-refractivity contribution >= 4 is 0 Å². The van der Waals surface area contributed by atoms with Gasteiger partial charge in [-0.15, -0.1) is 0 Å². The predicted octanol–water partition coefficient (Wildman–Crippen LogP) is 4.60. The fraction of sp³-hybridized carbons (Fsp3) is 0.333. The van der Waals surface area contributed by atoms with Crippen LogP contribution in [-0.4, -0.2) is 0 Å². The Balaban J connectivity index is 2.39. The molecule has 0 amide bonds. The van der Waals surface area contributed by atoms with Gasteiger partial charge >= 0.3 is 0 Å². The smallest absolute Gasteiger partial charge is 0.108 e. The molecule has 0 N–H and O–H groups in total. The third-order valence-corrected chi connectivity index (χ3v) is 2.48. The van der Waals surface area contributed by atoms with E-state index in [2.05, 4.69) is 32.2 Å². The molecule has 0 aromatic carbocycles. The minimum atomic E-state index is 0.897. The lowest BCUT2D eigenvalue weighted by molar-refractivity contribution is 0.518. The zero-order chi connectivity index (χ0) is 12.0. The topological polar surface area (TPSA) is 13.1 Å². The molecule has 1 aromatic rings. The highest BCUT2D eigenvalue weighted by Crippen LogP contribution is 2.13. The van der Waals surface area contributed by atoms with Gasteiger partial charge in [-0.3, -0.25) is 0 Å². The monoisotopic (exact) mass is 216 g/mol. The molecule has 1 heterocycles. The van der Waals surface area contributed by atoms with Crippen LogP contribution in [0.5, 0.6) is 0 Å². The molecule has 86 valence electrons. The normalized spacial score (nSPS) is 11.5. The van der Waals surface area contributed by atoms with Gasteiger partial charge in [0.2, 0.25) is 0 Å². The van der Waals surface area contributed by atoms with Crippen LogP contribution < -0.4 is 0 Å². The average Bonchev–Trinajstić information content (AvgIpc) is 2.63. The van der Waals surface area contributed by atoms with E-state index < -0.39 is 0 Å². The molecule has 0 atom stereocenters. The van der Waals surface area contributed by atoms with Crippen molar-refractivity contribution in [3.8, 4) is 0 Å². The number of furan rings is 1. The van der Waals surface area contributed by atoms with Gasteiger partial charge in [-0.1, -0.05) is 36.5 Å². The summed E-state index contributed by atoms with van der Waals surface area (Å²) in [7, 11) is 0. The van der Waals surface area contributed by atoms with Crippen molar-refractivity contribution < 1.29 is 4.42 Å². The molecule has 0 fully saturated rings. The van der Waals surface area contributed by atoms with Crippen molar-refractivity contribution in [1.82, 2.24) is 0 Å². The van der Waals surface area contributed by atoms with Gasteiger partial charge in [0.05, 0.1) is 6.26 Å². The second-order valence-electron chi connectivity index (χ2n) is 4.22. The van der Waals surface area contributed by atoms with Crippen LogP contribution in [0.2, 0.25) is 0 Å². The first-order valence-electron chi connectivity index (χ1n) is 5.61. The van der Waals surface area contributed by atoms with Gasteiger partial charge in [0.1, 0.15) is 5.76 Å². The summed E-state index contributed by atoms with van der Waals surface area (Å²) in [4.78, 5) is 0. The standard InChI is InChI=1S/C15H20O/c1-5-12(2)7-6-8-13(3)9-15-10-14(4)11-16-15/h5,8,10-11H,1-2,6-7,9H2,3-4H3. The SMILES string of the molecule is C=CC(=C)CCC=C(C)Cc1cc(C)co1. The molecule has 0 bridgehead atoms. The van der Waals surface area contributed by atoms with E-state index in [0.29, 0.717) is 0 Å². The lowest BCUT2D eigenvalue weighted by Gasteiger charge is -1.99. The summed E-state index contributed by atoms with van der Waals surface area (Å²) in [6.45, 7) is 11.8. The highest BCUT2D eigenvalue weighted by atomic mass is 16.3. The maximum Gasteiger partial charge on any atom is 0.108 e. The lowest BCUT2D eigenvalue weighted by Crippen LogP contribution is -1.84. The van der Waals surface area contributed by atoms with Gasteiger partial charge in [-0.25, -0.2) is 0 Å². The van der Waals surface area contributed by atoms with Crippen LogP contribution in [0.1, 0.15) is 31.1 Å². The molecule has 0 saturated heterocycles. The van der Waals surface area contributed by atoms with Gasteiger partial charge in [0, 0.05) is 6.42 Å². The quantitative estimate of drug-likeness (QED) is 0.500.